The molecule has 0 bridgehead atoms. The lowest BCUT2D eigenvalue weighted by Crippen LogP contribution is -2.57. The second-order valence-electron chi connectivity index (χ2n) is 9.80. The Kier molecular flexibility index (Phi) is 9.57. The van der Waals surface area contributed by atoms with Crippen molar-refractivity contribution in [2.75, 3.05) is 26.2 Å². The molecule has 1 atom stereocenters. The molecule has 0 radical (unpaired) electrons. The molecule has 10 heteroatoms. The van der Waals surface area contributed by atoms with Gasteiger partial charge in [-0.05, 0) is 66.9 Å². The van der Waals surface area contributed by atoms with E-state index in [1.807, 2.05) is 19.1 Å². The summed E-state index contributed by atoms with van der Waals surface area (Å²) in [5, 5.41) is 3.25. The maximum atomic E-state index is 13.9. The summed E-state index contributed by atoms with van der Waals surface area (Å²) in [5.74, 6) is -1.37. The van der Waals surface area contributed by atoms with E-state index in [4.69, 9.17) is 9.73 Å². The average Bonchev–Trinajstić information content (AvgIpc) is 2.96. The largest absolute Gasteiger partial charge is 0.494 e. The van der Waals surface area contributed by atoms with Gasteiger partial charge in [-0.15, -0.1) is 0 Å². The lowest BCUT2D eigenvalue weighted by Gasteiger charge is -2.37. The number of amides is 1. The predicted octanol–water partition coefficient (Wildman–Crippen LogP) is 6.27. The Bertz CT molecular complexity index is 1500. The number of piperazine rings is 1. The Morgan fingerprint density at radius 2 is 1.81 bits per heavy atom. The molecule has 3 aromatic rings. The van der Waals surface area contributed by atoms with E-state index in [9.17, 15) is 27.2 Å². The molecule has 1 amide bonds. The fraction of sp³-hybridized carbons (Fsp3) is 0.281. The number of nitrogens with zero attached hydrogens (tertiary/aromatic N) is 2. The second-order valence-corrected chi connectivity index (χ2v) is 9.80. The number of halogens is 4. The van der Waals surface area contributed by atoms with Gasteiger partial charge in [0.15, 0.2) is 5.78 Å². The molecule has 1 fully saturated rings. The van der Waals surface area contributed by atoms with E-state index in [2.05, 4.69) is 11.9 Å². The molecule has 1 N–H and O–H groups in total. The maximum Gasteiger partial charge on any atom is 0.419 e. The number of benzene rings is 3. The van der Waals surface area contributed by atoms with Gasteiger partial charge in [-0.1, -0.05) is 36.9 Å². The van der Waals surface area contributed by atoms with Crippen LogP contribution >= 0.6 is 0 Å². The van der Waals surface area contributed by atoms with Crippen LogP contribution in [0.1, 0.15) is 40.9 Å². The first-order valence-corrected chi connectivity index (χ1v) is 13.5. The Morgan fingerprint density at radius 1 is 1.10 bits per heavy atom. The summed E-state index contributed by atoms with van der Waals surface area (Å²) in [7, 11) is 0. The number of ketones is 1. The quantitative estimate of drug-likeness (QED) is 0.184. The van der Waals surface area contributed by atoms with E-state index in [0.717, 1.165) is 6.07 Å². The number of hydrogen-bond donors (Lipinski definition) is 1. The molecule has 1 unspecified atom stereocenters. The van der Waals surface area contributed by atoms with Gasteiger partial charge in [-0.3, -0.25) is 9.59 Å². The number of hydrogen-bond acceptors (Lipinski definition) is 5. The van der Waals surface area contributed by atoms with Crippen molar-refractivity contribution in [2.24, 2.45) is 4.99 Å². The fourth-order valence-electron chi connectivity index (χ4n) is 4.83. The summed E-state index contributed by atoms with van der Waals surface area (Å²) >= 11 is 0. The highest BCUT2D eigenvalue weighted by Gasteiger charge is 2.35. The van der Waals surface area contributed by atoms with Crippen molar-refractivity contribution in [3.63, 3.8) is 0 Å². The summed E-state index contributed by atoms with van der Waals surface area (Å²) in [6.07, 6.45) is -5.26. The topological polar surface area (TPSA) is 71.0 Å². The number of para-hydroxylation sites is 1. The zero-order valence-electron chi connectivity index (χ0n) is 23.3. The van der Waals surface area contributed by atoms with Crippen LogP contribution in [-0.2, 0) is 17.4 Å². The highest BCUT2D eigenvalue weighted by Crippen LogP contribution is 2.32. The molecule has 3 aromatic carbocycles. The molecule has 220 valence electrons. The monoisotopic (exact) mass is 581 g/mol. The van der Waals surface area contributed by atoms with Gasteiger partial charge >= 0.3 is 6.18 Å². The average molecular weight is 582 g/mol. The molecule has 1 saturated heterocycles. The van der Waals surface area contributed by atoms with Crippen LogP contribution in [0.5, 0.6) is 5.75 Å². The van der Waals surface area contributed by atoms with Crippen molar-refractivity contribution in [1.29, 1.82) is 0 Å². The molecular weight excluding hydrogens is 550 g/mol. The molecule has 0 saturated carbocycles. The minimum Gasteiger partial charge on any atom is -0.494 e. The third-order valence-electron chi connectivity index (χ3n) is 6.92. The number of alkyl halides is 3. The number of carbonyl (C=O) groups excluding carboxylic acids is 2. The van der Waals surface area contributed by atoms with E-state index >= 15 is 0 Å². The second kappa shape index (κ2) is 13.1. The lowest BCUT2D eigenvalue weighted by atomic mass is 9.94. The van der Waals surface area contributed by atoms with Crippen LogP contribution in [0.25, 0.3) is 5.57 Å². The smallest absolute Gasteiger partial charge is 0.419 e. The number of nitrogens with one attached hydrogen (secondary N) is 1. The van der Waals surface area contributed by atoms with E-state index in [0.29, 0.717) is 59.6 Å². The zero-order valence-corrected chi connectivity index (χ0v) is 23.3. The Labute approximate surface area is 241 Å². The molecule has 4 rings (SSSR count). The van der Waals surface area contributed by atoms with Crippen LogP contribution in [0.3, 0.4) is 0 Å². The first-order chi connectivity index (χ1) is 20.0. The SMILES string of the molecule is C=C(C(=Nc1ccccc1C(C)=O)C1CNCCN1C(=O)Cc1ccc(F)c(C(F)(F)F)c1)c1ccc(OCC)cc1. The van der Waals surface area contributed by atoms with Gasteiger partial charge in [0.2, 0.25) is 5.91 Å². The van der Waals surface area contributed by atoms with Crippen LogP contribution in [0.4, 0.5) is 23.2 Å². The van der Waals surface area contributed by atoms with Crippen molar-refractivity contribution in [3.05, 3.63) is 101 Å². The minimum atomic E-state index is -4.89. The Balaban J connectivity index is 1.74. The van der Waals surface area contributed by atoms with Crippen LogP contribution in [0.15, 0.2) is 78.3 Å². The van der Waals surface area contributed by atoms with Crippen LogP contribution < -0.4 is 10.1 Å². The molecule has 0 aromatic heterocycles. The first kappa shape index (κ1) is 30.6. The fourth-order valence-corrected chi connectivity index (χ4v) is 4.83. The molecule has 0 aliphatic carbocycles. The molecule has 42 heavy (non-hydrogen) atoms. The standard InChI is InChI=1S/C32H31F4N3O3/c1-4-42-24-12-10-23(11-13-24)20(2)31(38-28-8-6-5-7-25(28)21(3)40)29-19-37-15-16-39(29)30(41)18-22-9-14-27(33)26(17-22)32(34,35)36/h5-14,17,29,37H,2,4,15-16,18-19H2,1,3H3. The Morgan fingerprint density at radius 3 is 2.48 bits per heavy atom. The summed E-state index contributed by atoms with van der Waals surface area (Å²) < 4.78 is 59.3. The summed E-state index contributed by atoms with van der Waals surface area (Å²) in [5.41, 5.74) is 1.05. The third-order valence-corrected chi connectivity index (χ3v) is 6.92. The Hall–Kier alpha value is -4.31. The van der Waals surface area contributed by atoms with Crippen molar-refractivity contribution in [1.82, 2.24) is 10.2 Å². The number of ether oxygens (including phenoxy) is 1. The summed E-state index contributed by atoms with van der Waals surface area (Å²) in [6, 6.07) is 16.0. The van der Waals surface area contributed by atoms with Gasteiger partial charge in [-0.25, -0.2) is 9.38 Å². The normalized spacial score (nSPS) is 15.8. The number of carbonyl (C=O) groups is 2. The van der Waals surface area contributed by atoms with Crippen LogP contribution in [0.2, 0.25) is 0 Å². The zero-order chi connectivity index (χ0) is 30.4. The summed E-state index contributed by atoms with van der Waals surface area (Å²) in [4.78, 5) is 32.4. The number of Topliss-reactive ketones (excluding diaryl/α,β-unsaturated/α-hetero) is 1. The number of aliphatic imine (C=N–C) groups is 1. The molecule has 6 nitrogen and oxygen atoms in total. The van der Waals surface area contributed by atoms with E-state index in [-0.39, 0.29) is 24.3 Å². The maximum absolute atomic E-state index is 13.9. The van der Waals surface area contributed by atoms with Gasteiger partial charge in [0.1, 0.15) is 11.6 Å². The van der Waals surface area contributed by atoms with Gasteiger partial charge in [0.05, 0.1) is 36.0 Å². The predicted molar refractivity (Wildman–Crippen MR) is 154 cm³/mol. The van der Waals surface area contributed by atoms with Crippen molar-refractivity contribution >= 4 is 28.7 Å². The van der Waals surface area contributed by atoms with E-state index < -0.39 is 29.5 Å². The van der Waals surface area contributed by atoms with Crippen LogP contribution in [0, 0.1) is 5.82 Å². The minimum absolute atomic E-state index is 0.0387. The van der Waals surface area contributed by atoms with Crippen molar-refractivity contribution in [3.8, 4) is 5.75 Å². The van der Waals surface area contributed by atoms with E-state index in [1.165, 1.54) is 13.0 Å². The third kappa shape index (κ3) is 7.12. The molecule has 1 aliphatic rings. The van der Waals surface area contributed by atoms with Gasteiger partial charge in [0.25, 0.3) is 0 Å². The highest BCUT2D eigenvalue weighted by molar-refractivity contribution is 6.27. The van der Waals surface area contributed by atoms with Crippen LogP contribution in [-0.4, -0.2) is 54.6 Å². The van der Waals surface area contributed by atoms with Gasteiger partial charge < -0.3 is 15.0 Å². The van der Waals surface area contributed by atoms with E-state index in [1.54, 1.807) is 41.3 Å². The number of rotatable bonds is 9. The van der Waals surface area contributed by atoms with Crippen molar-refractivity contribution in [2.45, 2.75) is 32.5 Å². The van der Waals surface area contributed by atoms with Crippen molar-refractivity contribution < 1.29 is 31.9 Å². The first-order valence-electron chi connectivity index (χ1n) is 13.5. The highest BCUT2D eigenvalue weighted by atomic mass is 19.4. The lowest BCUT2D eigenvalue weighted by molar-refractivity contribution is -0.140. The molecular formula is C32H31F4N3O3. The summed E-state index contributed by atoms with van der Waals surface area (Å²) in [6.45, 7) is 9.09. The van der Waals surface area contributed by atoms with Gasteiger partial charge in [0, 0.05) is 25.2 Å². The molecule has 1 aliphatic heterocycles. The molecule has 0 spiro atoms. The molecule has 1 heterocycles. The van der Waals surface area contributed by atoms with Gasteiger partial charge in [-0.2, -0.15) is 13.2 Å².